The normalized spacial score (nSPS) is 11.7. The summed E-state index contributed by atoms with van der Waals surface area (Å²) < 4.78 is 5.28. The molecule has 1 aromatic rings. The van der Waals surface area contributed by atoms with Crippen LogP contribution in [0.1, 0.15) is 26.7 Å². The fraction of sp³-hybridized carbons (Fsp3) is 0.750. The highest BCUT2D eigenvalue weighted by molar-refractivity contribution is 6.17. The fourth-order valence-corrected chi connectivity index (χ4v) is 0.968. The molecule has 0 aliphatic rings. The Morgan fingerprint density at radius 1 is 1.38 bits per heavy atom. The van der Waals surface area contributed by atoms with E-state index < -0.39 is 0 Å². The molecule has 1 rings (SSSR count). The van der Waals surface area contributed by atoms with Crippen molar-refractivity contribution in [2.24, 2.45) is 0 Å². The first-order valence-corrected chi connectivity index (χ1v) is 4.71. The molecular weight excluding hydrogens is 190 g/mol. The molecule has 0 saturated heterocycles. The van der Waals surface area contributed by atoms with Crippen LogP contribution in [-0.2, 0) is 6.42 Å². The molecule has 1 heterocycles. The lowest BCUT2D eigenvalue weighted by Gasteiger charge is -2.17. The van der Waals surface area contributed by atoms with Gasteiger partial charge in [-0.25, -0.2) is 0 Å². The molecule has 0 spiro atoms. The standard InChI is InChI=1S/C8H14ClN3O/c1-8(2,3)10-7-12-11-6(13-7)4-5-9/h4-5H2,1-3H3,(H,10,12). The molecule has 5 heteroatoms. The summed E-state index contributed by atoms with van der Waals surface area (Å²) >= 11 is 5.53. The van der Waals surface area contributed by atoms with Crippen LogP contribution in [0.4, 0.5) is 6.01 Å². The molecule has 13 heavy (non-hydrogen) atoms. The summed E-state index contributed by atoms with van der Waals surface area (Å²) in [5, 5.41) is 10.7. The first-order valence-electron chi connectivity index (χ1n) is 4.18. The lowest BCUT2D eigenvalue weighted by Crippen LogP contribution is -2.26. The van der Waals surface area contributed by atoms with Crippen LogP contribution in [0.2, 0.25) is 0 Å². The highest BCUT2D eigenvalue weighted by Crippen LogP contribution is 2.12. The minimum Gasteiger partial charge on any atom is -0.408 e. The van der Waals surface area contributed by atoms with Crippen LogP contribution in [-0.4, -0.2) is 21.6 Å². The van der Waals surface area contributed by atoms with Gasteiger partial charge in [0.15, 0.2) is 0 Å². The number of rotatable bonds is 3. The van der Waals surface area contributed by atoms with Gasteiger partial charge >= 0.3 is 6.01 Å². The minimum atomic E-state index is -0.0647. The Hall–Kier alpha value is -0.770. The second-order valence-corrected chi connectivity index (χ2v) is 4.19. The van der Waals surface area contributed by atoms with Crippen molar-refractivity contribution < 1.29 is 4.42 Å². The molecule has 0 aromatic carbocycles. The van der Waals surface area contributed by atoms with E-state index in [1.807, 2.05) is 20.8 Å². The molecule has 1 aromatic heterocycles. The van der Waals surface area contributed by atoms with Crippen molar-refractivity contribution >= 4 is 17.6 Å². The SMILES string of the molecule is CC(C)(C)Nc1nnc(CCCl)o1. The van der Waals surface area contributed by atoms with Gasteiger partial charge in [-0.05, 0) is 20.8 Å². The fourth-order valence-electron chi connectivity index (χ4n) is 0.807. The van der Waals surface area contributed by atoms with Gasteiger partial charge in [-0.3, -0.25) is 0 Å². The molecule has 0 fully saturated rings. The number of aromatic nitrogens is 2. The van der Waals surface area contributed by atoms with Gasteiger partial charge in [0, 0.05) is 17.8 Å². The number of hydrogen-bond acceptors (Lipinski definition) is 4. The van der Waals surface area contributed by atoms with Gasteiger partial charge in [-0.1, -0.05) is 5.10 Å². The Balaban J connectivity index is 2.59. The summed E-state index contributed by atoms with van der Waals surface area (Å²) in [6.45, 7) is 6.08. The lowest BCUT2D eigenvalue weighted by molar-refractivity contribution is 0.492. The van der Waals surface area contributed by atoms with E-state index in [-0.39, 0.29) is 5.54 Å². The summed E-state index contributed by atoms with van der Waals surface area (Å²) in [4.78, 5) is 0. The van der Waals surface area contributed by atoms with Crippen molar-refractivity contribution in [2.45, 2.75) is 32.7 Å². The summed E-state index contributed by atoms with van der Waals surface area (Å²) in [6, 6.07) is 0.451. The Labute approximate surface area is 82.7 Å². The molecule has 0 aliphatic heterocycles. The molecular formula is C8H14ClN3O. The van der Waals surface area contributed by atoms with Crippen LogP contribution in [0, 0.1) is 0 Å². The zero-order valence-corrected chi connectivity index (χ0v) is 8.85. The maximum absolute atomic E-state index is 5.53. The van der Waals surface area contributed by atoms with Gasteiger partial charge in [-0.2, -0.15) is 0 Å². The summed E-state index contributed by atoms with van der Waals surface area (Å²) in [5.41, 5.74) is -0.0647. The van der Waals surface area contributed by atoms with Crippen molar-refractivity contribution in [3.05, 3.63) is 5.89 Å². The summed E-state index contributed by atoms with van der Waals surface area (Å²) in [7, 11) is 0. The topological polar surface area (TPSA) is 51.0 Å². The van der Waals surface area contributed by atoms with Crippen LogP contribution < -0.4 is 5.32 Å². The molecule has 0 amide bonds. The van der Waals surface area contributed by atoms with Crippen LogP contribution in [0.5, 0.6) is 0 Å². The molecule has 1 N–H and O–H groups in total. The Bertz CT molecular complexity index is 267. The quantitative estimate of drug-likeness (QED) is 0.765. The smallest absolute Gasteiger partial charge is 0.315 e. The Kier molecular flexibility index (Phi) is 3.14. The predicted molar refractivity (Wildman–Crippen MR) is 52.1 cm³/mol. The van der Waals surface area contributed by atoms with E-state index in [0.29, 0.717) is 24.2 Å². The average molecular weight is 204 g/mol. The molecule has 0 radical (unpaired) electrons. The first kappa shape index (κ1) is 10.3. The highest BCUT2D eigenvalue weighted by atomic mass is 35.5. The van der Waals surface area contributed by atoms with Gasteiger partial charge in [0.25, 0.3) is 0 Å². The number of nitrogens with zero attached hydrogens (tertiary/aromatic N) is 2. The zero-order valence-electron chi connectivity index (χ0n) is 8.09. The van der Waals surface area contributed by atoms with Crippen LogP contribution in [0.15, 0.2) is 4.42 Å². The second-order valence-electron chi connectivity index (χ2n) is 3.81. The van der Waals surface area contributed by atoms with Crippen molar-refractivity contribution in [1.29, 1.82) is 0 Å². The molecule has 0 aliphatic carbocycles. The minimum absolute atomic E-state index is 0.0647. The van der Waals surface area contributed by atoms with Gasteiger partial charge < -0.3 is 9.73 Å². The first-order chi connectivity index (χ1) is 6.01. The van der Waals surface area contributed by atoms with Gasteiger partial charge in [0.2, 0.25) is 5.89 Å². The highest BCUT2D eigenvalue weighted by Gasteiger charge is 2.13. The molecule has 74 valence electrons. The third-order valence-corrected chi connectivity index (χ3v) is 1.45. The number of alkyl halides is 1. The average Bonchev–Trinajstić information content (AvgIpc) is 2.33. The number of anilines is 1. The van der Waals surface area contributed by atoms with Crippen molar-refractivity contribution in [1.82, 2.24) is 10.2 Å². The molecule has 0 saturated carbocycles. The van der Waals surface area contributed by atoms with E-state index in [9.17, 15) is 0 Å². The number of hydrogen-bond donors (Lipinski definition) is 1. The van der Waals surface area contributed by atoms with Crippen molar-refractivity contribution in [3.63, 3.8) is 0 Å². The van der Waals surface area contributed by atoms with E-state index in [2.05, 4.69) is 15.5 Å². The largest absolute Gasteiger partial charge is 0.408 e. The Morgan fingerprint density at radius 3 is 2.62 bits per heavy atom. The van der Waals surface area contributed by atoms with E-state index in [4.69, 9.17) is 16.0 Å². The maximum atomic E-state index is 5.53. The molecule has 4 nitrogen and oxygen atoms in total. The van der Waals surface area contributed by atoms with E-state index >= 15 is 0 Å². The van der Waals surface area contributed by atoms with Crippen LogP contribution in [0.3, 0.4) is 0 Å². The maximum Gasteiger partial charge on any atom is 0.315 e. The monoisotopic (exact) mass is 203 g/mol. The number of halogens is 1. The van der Waals surface area contributed by atoms with Gasteiger partial charge in [-0.15, -0.1) is 16.7 Å². The zero-order chi connectivity index (χ0) is 9.90. The van der Waals surface area contributed by atoms with Crippen molar-refractivity contribution in [2.75, 3.05) is 11.2 Å². The van der Waals surface area contributed by atoms with E-state index in [1.165, 1.54) is 0 Å². The molecule has 0 unspecified atom stereocenters. The van der Waals surface area contributed by atoms with Gasteiger partial charge in [0.1, 0.15) is 0 Å². The summed E-state index contributed by atoms with van der Waals surface area (Å²) in [5.74, 6) is 1.07. The molecule has 0 atom stereocenters. The van der Waals surface area contributed by atoms with Crippen molar-refractivity contribution in [3.8, 4) is 0 Å². The number of aryl methyl sites for hydroxylation is 1. The molecule has 0 bridgehead atoms. The summed E-state index contributed by atoms with van der Waals surface area (Å²) in [6.07, 6.45) is 0.611. The van der Waals surface area contributed by atoms with Crippen LogP contribution in [0.25, 0.3) is 0 Å². The second kappa shape index (κ2) is 3.96. The predicted octanol–water partition coefficient (Wildman–Crippen LogP) is 2.06. The Morgan fingerprint density at radius 2 is 2.08 bits per heavy atom. The van der Waals surface area contributed by atoms with Gasteiger partial charge in [0.05, 0.1) is 0 Å². The number of nitrogens with one attached hydrogen (secondary N) is 1. The van der Waals surface area contributed by atoms with E-state index in [0.717, 1.165) is 0 Å². The van der Waals surface area contributed by atoms with E-state index in [1.54, 1.807) is 0 Å². The third kappa shape index (κ3) is 3.63. The lowest BCUT2D eigenvalue weighted by atomic mass is 10.1. The van der Waals surface area contributed by atoms with Crippen LogP contribution >= 0.6 is 11.6 Å². The third-order valence-electron chi connectivity index (χ3n) is 1.26.